The Balaban J connectivity index is 2.22. The normalized spacial score (nSPS) is 10.2. The lowest BCUT2D eigenvalue weighted by Gasteiger charge is -2.17. The van der Waals surface area contributed by atoms with Gasteiger partial charge in [0.15, 0.2) is 0 Å². The Bertz CT molecular complexity index is 593. The first kappa shape index (κ1) is 14.1. The van der Waals surface area contributed by atoms with Gasteiger partial charge in [-0.3, -0.25) is 9.78 Å². The summed E-state index contributed by atoms with van der Waals surface area (Å²) in [7, 11) is 3.58. The minimum Gasteiger partial charge on any atom is -0.388 e. The Hall–Kier alpha value is -2.36. The number of anilines is 2. The molecule has 0 spiro atoms. The molecule has 0 aliphatic heterocycles. The molecule has 2 aromatic rings. The van der Waals surface area contributed by atoms with Crippen LogP contribution in [0.2, 0.25) is 0 Å². The maximum absolute atomic E-state index is 12.4. The molecule has 1 amide bonds. The highest BCUT2D eigenvalue weighted by Gasteiger charge is 2.15. The second-order valence-corrected chi connectivity index (χ2v) is 4.56. The van der Waals surface area contributed by atoms with E-state index in [1.54, 1.807) is 24.2 Å². The molecular weight excluding hydrogens is 250 g/mol. The fourth-order valence-electron chi connectivity index (χ4n) is 1.95. The number of nitrogens with zero attached hydrogens (tertiary/aromatic N) is 2. The summed E-state index contributed by atoms with van der Waals surface area (Å²) in [5.74, 6) is -0.119. The van der Waals surface area contributed by atoms with Crippen LogP contribution in [0, 0.1) is 0 Å². The van der Waals surface area contributed by atoms with Crippen molar-refractivity contribution >= 4 is 17.3 Å². The van der Waals surface area contributed by atoms with E-state index in [2.05, 4.69) is 17.2 Å². The van der Waals surface area contributed by atoms with Gasteiger partial charge in [0.2, 0.25) is 0 Å². The van der Waals surface area contributed by atoms with Crippen LogP contribution in [0.4, 0.5) is 11.4 Å². The highest BCUT2D eigenvalue weighted by Crippen LogP contribution is 2.17. The van der Waals surface area contributed by atoms with Crippen molar-refractivity contribution in [2.24, 2.45) is 0 Å². The molecule has 4 heteroatoms. The van der Waals surface area contributed by atoms with Gasteiger partial charge < -0.3 is 10.2 Å². The van der Waals surface area contributed by atoms with Gasteiger partial charge in [-0.1, -0.05) is 19.1 Å². The lowest BCUT2D eigenvalue weighted by molar-refractivity contribution is 0.0988. The lowest BCUT2D eigenvalue weighted by atomic mass is 10.1. The average molecular weight is 269 g/mol. The van der Waals surface area contributed by atoms with Crippen molar-refractivity contribution in [3.63, 3.8) is 0 Å². The Morgan fingerprint density at radius 2 is 1.95 bits per heavy atom. The summed E-state index contributed by atoms with van der Waals surface area (Å²) in [4.78, 5) is 18.2. The second-order valence-electron chi connectivity index (χ2n) is 4.56. The van der Waals surface area contributed by atoms with Crippen molar-refractivity contribution in [3.8, 4) is 0 Å². The number of carbonyl (C=O) groups is 1. The molecule has 104 valence electrons. The van der Waals surface area contributed by atoms with Crippen molar-refractivity contribution in [3.05, 3.63) is 53.9 Å². The molecule has 0 saturated carbocycles. The molecule has 1 heterocycles. The molecule has 1 aromatic carbocycles. The SMILES string of the molecule is CCc1ccc(N(C)C(=O)c2cc(NC)ccn2)cc1. The van der Waals surface area contributed by atoms with Gasteiger partial charge in [0, 0.05) is 31.7 Å². The standard InChI is InChI=1S/C16H19N3O/c1-4-12-5-7-14(8-6-12)19(3)16(20)15-11-13(17-2)9-10-18-15/h5-11H,4H2,1-3H3,(H,17,18). The van der Waals surface area contributed by atoms with Crippen molar-refractivity contribution in [1.29, 1.82) is 0 Å². The molecule has 0 aliphatic carbocycles. The van der Waals surface area contributed by atoms with Crippen LogP contribution < -0.4 is 10.2 Å². The molecule has 1 N–H and O–H groups in total. The highest BCUT2D eigenvalue weighted by atomic mass is 16.2. The van der Waals surface area contributed by atoms with Crippen LogP contribution in [0.25, 0.3) is 0 Å². The first-order valence-electron chi connectivity index (χ1n) is 6.66. The van der Waals surface area contributed by atoms with E-state index in [1.165, 1.54) is 5.56 Å². The van der Waals surface area contributed by atoms with Crippen molar-refractivity contribution < 1.29 is 4.79 Å². The van der Waals surface area contributed by atoms with Crippen LogP contribution in [0.3, 0.4) is 0 Å². The van der Waals surface area contributed by atoms with Gasteiger partial charge in [0.05, 0.1) is 0 Å². The van der Waals surface area contributed by atoms with E-state index in [1.807, 2.05) is 37.4 Å². The number of benzene rings is 1. The van der Waals surface area contributed by atoms with Crippen molar-refractivity contribution in [1.82, 2.24) is 4.98 Å². The third-order valence-corrected chi connectivity index (χ3v) is 3.30. The van der Waals surface area contributed by atoms with Gasteiger partial charge in [-0.25, -0.2) is 0 Å². The Kier molecular flexibility index (Phi) is 4.35. The fourth-order valence-corrected chi connectivity index (χ4v) is 1.95. The molecule has 0 radical (unpaired) electrons. The summed E-state index contributed by atoms with van der Waals surface area (Å²) in [6.45, 7) is 2.11. The van der Waals surface area contributed by atoms with E-state index in [-0.39, 0.29) is 5.91 Å². The summed E-state index contributed by atoms with van der Waals surface area (Å²) in [6.07, 6.45) is 2.62. The van der Waals surface area contributed by atoms with Gasteiger partial charge in [0.25, 0.3) is 5.91 Å². The summed E-state index contributed by atoms with van der Waals surface area (Å²) in [5.41, 5.74) is 3.42. The monoisotopic (exact) mass is 269 g/mol. The predicted molar refractivity (Wildman–Crippen MR) is 82.3 cm³/mol. The van der Waals surface area contributed by atoms with Crippen LogP contribution in [0.5, 0.6) is 0 Å². The average Bonchev–Trinajstić information content (AvgIpc) is 2.53. The molecule has 0 fully saturated rings. The van der Waals surface area contributed by atoms with Gasteiger partial charge in [-0.2, -0.15) is 0 Å². The van der Waals surface area contributed by atoms with E-state index in [4.69, 9.17) is 0 Å². The molecule has 0 saturated heterocycles. The molecule has 1 aromatic heterocycles. The molecular formula is C16H19N3O. The summed E-state index contributed by atoms with van der Waals surface area (Å²) in [5, 5.41) is 3.01. The van der Waals surface area contributed by atoms with Crippen LogP contribution in [-0.4, -0.2) is 25.0 Å². The first-order chi connectivity index (χ1) is 9.65. The van der Waals surface area contributed by atoms with E-state index in [9.17, 15) is 4.79 Å². The van der Waals surface area contributed by atoms with Gasteiger partial charge in [-0.15, -0.1) is 0 Å². The smallest absolute Gasteiger partial charge is 0.276 e. The molecule has 0 aliphatic rings. The highest BCUT2D eigenvalue weighted by molar-refractivity contribution is 6.04. The summed E-state index contributed by atoms with van der Waals surface area (Å²) < 4.78 is 0. The number of aromatic nitrogens is 1. The Morgan fingerprint density at radius 1 is 1.25 bits per heavy atom. The van der Waals surface area contributed by atoms with E-state index < -0.39 is 0 Å². The molecule has 2 rings (SSSR count). The van der Waals surface area contributed by atoms with Gasteiger partial charge >= 0.3 is 0 Å². The number of nitrogens with one attached hydrogen (secondary N) is 1. The number of carbonyl (C=O) groups excluding carboxylic acids is 1. The van der Waals surface area contributed by atoms with Crippen molar-refractivity contribution in [2.45, 2.75) is 13.3 Å². The number of rotatable bonds is 4. The minimum absolute atomic E-state index is 0.119. The number of hydrogen-bond acceptors (Lipinski definition) is 3. The second kappa shape index (κ2) is 6.19. The van der Waals surface area contributed by atoms with Crippen molar-refractivity contribution in [2.75, 3.05) is 24.3 Å². The van der Waals surface area contributed by atoms with Crippen LogP contribution in [-0.2, 0) is 6.42 Å². The van der Waals surface area contributed by atoms with Crippen LogP contribution in [0.15, 0.2) is 42.6 Å². The first-order valence-corrected chi connectivity index (χ1v) is 6.66. The number of amides is 1. The maximum Gasteiger partial charge on any atom is 0.276 e. The number of aryl methyl sites for hydroxylation is 1. The summed E-state index contributed by atoms with van der Waals surface area (Å²) >= 11 is 0. The zero-order chi connectivity index (χ0) is 14.5. The lowest BCUT2D eigenvalue weighted by Crippen LogP contribution is -2.27. The molecule has 0 unspecified atom stereocenters. The zero-order valence-electron chi connectivity index (χ0n) is 12.1. The van der Waals surface area contributed by atoms with E-state index in [0.29, 0.717) is 5.69 Å². The number of hydrogen-bond donors (Lipinski definition) is 1. The Morgan fingerprint density at radius 3 is 2.55 bits per heavy atom. The topological polar surface area (TPSA) is 45.2 Å². The van der Waals surface area contributed by atoms with E-state index in [0.717, 1.165) is 17.8 Å². The minimum atomic E-state index is -0.119. The number of pyridine rings is 1. The third-order valence-electron chi connectivity index (χ3n) is 3.30. The van der Waals surface area contributed by atoms with Gasteiger partial charge in [0.1, 0.15) is 5.69 Å². The molecule has 0 atom stereocenters. The zero-order valence-corrected chi connectivity index (χ0v) is 12.1. The largest absolute Gasteiger partial charge is 0.388 e. The van der Waals surface area contributed by atoms with Gasteiger partial charge in [-0.05, 0) is 36.2 Å². The predicted octanol–water partition coefficient (Wildman–Crippen LogP) is 2.96. The Labute approximate surface area is 119 Å². The molecule has 20 heavy (non-hydrogen) atoms. The summed E-state index contributed by atoms with van der Waals surface area (Å²) in [6, 6.07) is 11.6. The third kappa shape index (κ3) is 2.96. The maximum atomic E-state index is 12.4. The van der Waals surface area contributed by atoms with E-state index >= 15 is 0 Å². The van der Waals surface area contributed by atoms with Crippen LogP contribution >= 0.6 is 0 Å². The molecule has 0 bridgehead atoms. The van der Waals surface area contributed by atoms with Crippen LogP contribution in [0.1, 0.15) is 23.0 Å². The quantitative estimate of drug-likeness (QED) is 0.928. The fraction of sp³-hybridized carbons (Fsp3) is 0.250. The molecule has 4 nitrogen and oxygen atoms in total.